The Morgan fingerprint density at radius 1 is 0.941 bits per heavy atom. The second-order valence-electron chi connectivity index (χ2n) is 8.22. The summed E-state index contributed by atoms with van der Waals surface area (Å²) < 4.78 is 36.0. The van der Waals surface area contributed by atoms with Gasteiger partial charge in [0.15, 0.2) is 5.43 Å². The minimum Gasteiger partial charge on any atom is -0.455 e. The highest BCUT2D eigenvalue weighted by Gasteiger charge is 2.19. The average molecular weight is 479 g/mol. The molecule has 3 aromatic carbocycles. The van der Waals surface area contributed by atoms with Crippen molar-refractivity contribution in [2.45, 2.75) is 37.7 Å². The summed E-state index contributed by atoms with van der Waals surface area (Å²) in [6.45, 7) is 3.52. The monoisotopic (exact) mass is 478 g/mol. The summed E-state index contributed by atoms with van der Waals surface area (Å²) in [5.74, 6) is 0.463. The maximum absolute atomic E-state index is 13.0. The molecule has 7 heteroatoms. The molecule has 0 aliphatic carbocycles. The van der Waals surface area contributed by atoms with E-state index in [1.165, 1.54) is 12.1 Å². The van der Waals surface area contributed by atoms with Gasteiger partial charge in [-0.3, -0.25) is 8.98 Å². The molecule has 176 valence electrons. The van der Waals surface area contributed by atoms with Crippen molar-refractivity contribution in [1.29, 1.82) is 0 Å². The quantitative estimate of drug-likeness (QED) is 0.273. The lowest BCUT2D eigenvalue weighted by Gasteiger charge is -2.15. The Hall–Kier alpha value is -3.26. The van der Waals surface area contributed by atoms with Gasteiger partial charge in [0.2, 0.25) is 0 Å². The number of benzene rings is 3. The fraction of sp³-hybridized carbons (Fsp3) is 0.222. The molecule has 4 rings (SSSR count). The Bertz CT molecular complexity index is 1460. The molecule has 0 spiro atoms. The van der Waals surface area contributed by atoms with E-state index in [1.807, 2.05) is 37.3 Å². The van der Waals surface area contributed by atoms with Crippen LogP contribution in [0.1, 0.15) is 35.6 Å². The molecule has 1 heterocycles. The van der Waals surface area contributed by atoms with Gasteiger partial charge in [0.25, 0.3) is 10.1 Å². The van der Waals surface area contributed by atoms with Crippen molar-refractivity contribution >= 4 is 21.1 Å². The van der Waals surface area contributed by atoms with E-state index in [9.17, 15) is 18.3 Å². The van der Waals surface area contributed by atoms with Crippen LogP contribution in [0.2, 0.25) is 0 Å². The first-order valence-corrected chi connectivity index (χ1v) is 12.4. The van der Waals surface area contributed by atoms with E-state index >= 15 is 0 Å². The van der Waals surface area contributed by atoms with Gasteiger partial charge in [0.1, 0.15) is 11.3 Å². The van der Waals surface area contributed by atoms with E-state index in [0.717, 1.165) is 11.1 Å². The molecule has 0 saturated heterocycles. The van der Waals surface area contributed by atoms with Crippen molar-refractivity contribution in [2.24, 2.45) is 0 Å². The van der Waals surface area contributed by atoms with Crippen molar-refractivity contribution in [1.82, 2.24) is 0 Å². The molecule has 1 aromatic heterocycles. The minimum absolute atomic E-state index is 0.0731. The molecule has 4 aromatic rings. The highest BCUT2D eigenvalue weighted by Crippen LogP contribution is 2.31. The van der Waals surface area contributed by atoms with E-state index in [0.29, 0.717) is 34.3 Å². The maximum atomic E-state index is 13.0. The van der Waals surface area contributed by atoms with Gasteiger partial charge in [0, 0.05) is 16.7 Å². The van der Waals surface area contributed by atoms with Crippen LogP contribution >= 0.6 is 0 Å². The summed E-state index contributed by atoms with van der Waals surface area (Å²) >= 11 is 0. The Kier molecular flexibility index (Phi) is 6.97. The van der Waals surface area contributed by atoms with Gasteiger partial charge in [-0.05, 0) is 44.9 Å². The van der Waals surface area contributed by atoms with Gasteiger partial charge in [-0.15, -0.1) is 0 Å². The van der Waals surface area contributed by atoms with Crippen molar-refractivity contribution in [3.8, 4) is 11.3 Å². The molecular formula is C27H26O6S. The van der Waals surface area contributed by atoms with Crippen LogP contribution in [0, 0.1) is 13.8 Å². The second-order valence-corrected chi connectivity index (χ2v) is 9.84. The molecule has 0 amide bonds. The Labute approximate surface area is 198 Å². The van der Waals surface area contributed by atoms with Gasteiger partial charge in [-0.1, -0.05) is 60.2 Å². The normalized spacial score (nSPS) is 12.7. The van der Waals surface area contributed by atoms with Crippen molar-refractivity contribution in [3.05, 3.63) is 99.7 Å². The predicted molar refractivity (Wildman–Crippen MR) is 131 cm³/mol. The van der Waals surface area contributed by atoms with E-state index < -0.39 is 16.2 Å². The summed E-state index contributed by atoms with van der Waals surface area (Å²) in [7, 11) is -3.86. The molecule has 0 radical (unpaired) electrons. The standard InChI is InChI=1S/C27H26O6S/c1-18-13-15-21(16-14-18)34(30,31)32-17-7-12-24(28)22-10-6-11-23-25(29)19(2)26(33-27(22)23)20-8-4-3-5-9-20/h3-6,8-11,13-16,24,28H,7,12,17H2,1-2H3. The summed E-state index contributed by atoms with van der Waals surface area (Å²) in [6.07, 6.45) is -0.422. The zero-order chi connectivity index (χ0) is 24.3. The highest BCUT2D eigenvalue weighted by molar-refractivity contribution is 7.86. The molecule has 0 aliphatic heterocycles. The van der Waals surface area contributed by atoms with Crippen LogP contribution in [-0.2, 0) is 14.3 Å². The van der Waals surface area contributed by atoms with Gasteiger partial charge in [-0.25, -0.2) is 0 Å². The van der Waals surface area contributed by atoms with Crippen LogP contribution in [0.15, 0.2) is 86.9 Å². The number of aliphatic hydroxyl groups is 1. The molecule has 1 unspecified atom stereocenters. The molecule has 0 fully saturated rings. The van der Waals surface area contributed by atoms with Crippen LogP contribution < -0.4 is 5.43 Å². The molecule has 6 nitrogen and oxygen atoms in total. The number of aliphatic hydroxyl groups excluding tert-OH is 1. The second kappa shape index (κ2) is 9.93. The fourth-order valence-corrected chi connectivity index (χ4v) is 4.78. The Balaban J connectivity index is 1.52. The molecule has 0 aliphatic rings. The lowest BCUT2D eigenvalue weighted by atomic mass is 10.00. The first-order valence-electron chi connectivity index (χ1n) is 11.0. The summed E-state index contributed by atoms with van der Waals surface area (Å²) in [4.78, 5) is 13.1. The van der Waals surface area contributed by atoms with Crippen molar-refractivity contribution in [3.63, 3.8) is 0 Å². The SMILES string of the molecule is Cc1ccc(S(=O)(=O)OCCCC(O)c2cccc3c(=O)c(C)c(-c4ccccc4)oc23)cc1. The third-order valence-electron chi connectivity index (χ3n) is 5.74. The summed E-state index contributed by atoms with van der Waals surface area (Å²) in [6, 6.07) is 20.9. The summed E-state index contributed by atoms with van der Waals surface area (Å²) in [5.41, 5.74) is 2.89. The molecule has 1 N–H and O–H groups in total. The molecule has 0 bridgehead atoms. The smallest absolute Gasteiger partial charge is 0.296 e. The first kappa shape index (κ1) is 23.9. The van der Waals surface area contributed by atoms with Crippen LogP contribution in [0.25, 0.3) is 22.3 Å². The van der Waals surface area contributed by atoms with Gasteiger partial charge >= 0.3 is 0 Å². The Morgan fingerprint density at radius 2 is 1.65 bits per heavy atom. The number of fused-ring (bicyclic) bond motifs is 1. The third-order valence-corrected chi connectivity index (χ3v) is 7.07. The Morgan fingerprint density at radius 3 is 2.35 bits per heavy atom. The lowest BCUT2D eigenvalue weighted by Crippen LogP contribution is -2.11. The average Bonchev–Trinajstić information content (AvgIpc) is 2.84. The van der Waals surface area contributed by atoms with E-state index in [1.54, 1.807) is 37.3 Å². The number of hydrogen-bond acceptors (Lipinski definition) is 6. The third kappa shape index (κ3) is 4.97. The molecule has 1 atom stereocenters. The fourth-order valence-electron chi connectivity index (χ4n) is 3.83. The van der Waals surface area contributed by atoms with Crippen LogP contribution in [0.3, 0.4) is 0 Å². The van der Waals surface area contributed by atoms with Crippen LogP contribution in [0.4, 0.5) is 0 Å². The van der Waals surface area contributed by atoms with Crippen LogP contribution in [0.5, 0.6) is 0 Å². The van der Waals surface area contributed by atoms with Crippen molar-refractivity contribution < 1.29 is 22.1 Å². The van der Waals surface area contributed by atoms with Gasteiger partial charge in [0.05, 0.1) is 23.0 Å². The summed E-state index contributed by atoms with van der Waals surface area (Å²) in [5, 5.41) is 11.2. The maximum Gasteiger partial charge on any atom is 0.296 e. The van der Waals surface area contributed by atoms with Gasteiger partial charge < -0.3 is 9.52 Å². The van der Waals surface area contributed by atoms with Crippen molar-refractivity contribution in [2.75, 3.05) is 6.61 Å². The zero-order valence-electron chi connectivity index (χ0n) is 19.0. The first-order chi connectivity index (χ1) is 16.3. The minimum atomic E-state index is -3.86. The predicted octanol–water partition coefficient (Wildman–Crippen LogP) is 5.30. The van der Waals surface area contributed by atoms with E-state index in [-0.39, 0.29) is 23.4 Å². The lowest BCUT2D eigenvalue weighted by molar-refractivity contribution is 0.155. The molecule has 34 heavy (non-hydrogen) atoms. The molecule has 0 saturated carbocycles. The topological polar surface area (TPSA) is 93.8 Å². The number of aryl methyl sites for hydroxylation is 1. The number of para-hydroxylation sites is 1. The highest BCUT2D eigenvalue weighted by atomic mass is 32.2. The number of hydrogen-bond donors (Lipinski definition) is 1. The molecular weight excluding hydrogens is 452 g/mol. The van der Waals surface area contributed by atoms with E-state index in [4.69, 9.17) is 8.60 Å². The van der Waals surface area contributed by atoms with Crippen LogP contribution in [-0.4, -0.2) is 20.1 Å². The largest absolute Gasteiger partial charge is 0.455 e. The number of rotatable bonds is 8. The van der Waals surface area contributed by atoms with Gasteiger partial charge in [-0.2, -0.15) is 8.42 Å². The zero-order valence-corrected chi connectivity index (χ0v) is 19.8. The van der Waals surface area contributed by atoms with E-state index in [2.05, 4.69) is 0 Å².